The summed E-state index contributed by atoms with van der Waals surface area (Å²) in [5.41, 5.74) is 0.466. The molecule has 2 nitrogen and oxygen atoms in total. The molecule has 0 bridgehead atoms. The van der Waals surface area contributed by atoms with Crippen LogP contribution in [0.4, 0.5) is 0 Å². The van der Waals surface area contributed by atoms with E-state index in [9.17, 15) is 4.79 Å². The van der Waals surface area contributed by atoms with E-state index in [0.717, 1.165) is 0 Å². The monoisotopic (exact) mass is 262 g/mol. The van der Waals surface area contributed by atoms with Gasteiger partial charge in [-0.05, 0) is 35.0 Å². The minimum Gasteiger partial charge on any atom is -0.497 e. The molecule has 0 atom stereocenters. The fourth-order valence-corrected chi connectivity index (χ4v) is 1.62. The summed E-state index contributed by atoms with van der Waals surface area (Å²) in [7, 11) is 1.54. The Hall–Kier alpha value is -0.540. The number of hydrogen-bond acceptors (Lipinski definition) is 2. The van der Waals surface area contributed by atoms with E-state index in [0.29, 0.717) is 20.8 Å². The molecule has 0 N–H and O–H groups in total. The van der Waals surface area contributed by atoms with E-state index in [1.165, 1.54) is 6.92 Å². The fraction of sp³-hybridized carbons (Fsp3) is 0.222. The van der Waals surface area contributed by atoms with Crippen LogP contribution in [0.2, 0.25) is 5.02 Å². The van der Waals surface area contributed by atoms with Crippen molar-refractivity contribution in [3.63, 3.8) is 0 Å². The first kappa shape index (κ1) is 10.5. The predicted molar refractivity (Wildman–Crippen MR) is 55.7 cm³/mol. The fourth-order valence-electron chi connectivity index (χ4n) is 0.938. The van der Waals surface area contributed by atoms with Gasteiger partial charge in [-0.25, -0.2) is 0 Å². The standard InChI is InChI=1S/C9H8BrClO2/c1-5(12)7-3-6(13-2)4-8(10)9(7)11/h3-4H,1-2H3. The van der Waals surface area contributed by atoms with Crippen molar-refractivity contribution in [3.8, 4) is 5.75 Å². The SMILES string of the molecule is COc1cc(Br)c(Cl)c(C(C)=O)c1. The normalized spacial score (nSPS) is 9.85. The molecule has 0 saturated carbocycles. The van der Waals surface area contributed by atoms with Crippen molar-refractivity contribution in [1.82, 2.24) is 0 Å². The predicted octanol–water partition coefficient (Wildman–Crippen LogP) is 3.31. The van der Waals surface area contributed by atoms with E-state index < -0.39 is 0 Å². The Bertz CT molecular complexity index is 350. The van der Waals surface area contributed by atoms with E-state index in [2.05, 4.69) is 15.9 Å². The third-order valence-corrected chi connectivity index (χ3v) is 2.88. The summed E-state index contributed by atoms with van der Waals surface area (Å²) in [5.74, 6) is 0.533. The molecule has 4 heteroatoms. The lowest BCUT2D eigenvalue weighted by Crippen LogP contribution is -1.95. The number of carbonyl (C=O) groups excluding carboxylic acids is 1. The summed E-state index contributed by atoms with van der Waals surface area (Å²) < 4.78 is 5.67. The summed E-state index contributed by atoms with van der Waals surface area (Å²) >= 11 is 9.14. The Labute approximate surface area is 90.0 Å². The van der Waals surface area contributed by atoms with E-state index in [1.807, 2.05) is 0 Å². The zero-order valence-electron chi connectivity index (χ0n) is 7.23. The van der Waals surface area contributed by atoms with Gasteiger partial charge in [0.05, 0.1) is 12.1 Å². The molecule has 1 aromatic carbocycles. The molecular formula is C9H8BrClO2. The molecule has 0 amide bonds. The van der Waals surface area contributed by atoms with E-state index in [4.69, 9.17) is 16.3 Å². The third-order valence-electron chi connectivity index (χ3n) is 1.62. The lowest BCUT2D eigenvalue weighted by atomic mass is 10.1. The number of ketones is 1. The molecule has 1 aromatic rings. The Morgan fingerprint density at radius 1 is 1.54 bits per heavy atom. The third kappa shape index (κ3) is 2.23. The van der Waals surface area contributed by atoms with Gasteiger partial charge in [0.15, 0.2) is 5.78 Å². The molecule has 70 valence electrons. The van der Waals surface area contributed by atoms with Crippen LogP contribution >= 0.6 is 27.5 Å². The van der Waals surface area contributed by atoms with Crippen LogP contribution in [-0.2, 0) is 0 Å². The number of rotatable bonds is 2. The molecule has 0 spiro atoms. The molecular weight excluding hydrogens is 255 g/mol. The van der Waals surface area contributed by atoms with Gasteiger partial charge >= 0.3 is 0 Å². The average molecular weight is 264 g/mol. The summed E-state index contributed by atoms with van der Waals surface area (Å²) in [5, 5.41) is 0.424. The molecule has 0 unspecified atom stereocenters. The molecule has 0 aliphatic rings. The first-order chi connectivity index (χ1) is 6.06. The Morgan fingerprint density at radius 3 is 2.62 bits per heavy atom. The van der Waals surface area contributed by atoms with Crippen LogP contribution < -0.4 is 4.74 Å². The number of methoxy groups -OCH3 is 1. The molecule has 0 aliphatic carbocycles. The maximum absolute atomic E-state index is 11.1. The summed E-state index contributed by atoms with van der Waals surface area (Å²) in [6.45, 7) is 1.47. The average Bonchev–Trinajstić information content (AvgIpc) is 2.09. The first-order valence-electron chi connectivity index (χ1n) is 3.60. The van der Waals surface area contributed by atoms with Crippen LogP contribution in [0.25, 0.3) is 0 Å². The van der Waals surface area contributed by atoms with Gasteiger partial charge in [0.25, 0.3) is 0 Å². The topological polar surface area (TPSA) is 26.3 Å². The van der Waals surface area contributed by atoms with Crippen LogP contribution in [0.15, 0.2) is 16.6 Å². The number of carbonyl (C=O) groups is 1. The zero-order chi connectivity index (χ0) is 10.0. The van der Waals surface area contributed by atoms with Gasteiger partial charge in [-0.3, -0.25) is 4.79 Å². The van der Waals surface area contributed by atoms with Gasteiger partial charge in [-0.15, -0.1) is 0 Å². The largest absolute Gasteiger partial charge is 0.497 e. The van der Waals surface area contributed by atoms with Crippen molar-refractivity contribution < 1.29 is 9.53 Å². The minimum absolute atomic E-state index is 0.0791. The molecule has 0 fully saturated rings. The lowest BCUT2D eigenvalue weighted by molar-refractivity contribution is 0.101. The van der Waals surface area contributed by atoms with Crippen molar-refractivity contribution in [2.45, 2.75) is 6.92 Å². The van der Waals surface area contributed by atoms with Crippen LogP contribution in [0.1, 0.15) is 17.3 Å². The molecule has 0 aliphatic heterocycles. The van der Waals surface area contributed by atoms with Crippen LogP contribution in [0, 0.1) is 0 Å². The smallest absolute Gasteiger partial charge is 0.161 e. The van der Waals surface area contributed by atoms with Gasteiger partial charge in [0.2, 0.25) is 0 Å². The van der Waals surface area contributed by atoms with Gasteiger partial charge < -0.3 is 4.74 Å². The minimum atomic E-state index is -0.0791. The lowest BCUT2D eigenvalue weighted by Gasteiger charge is -2.06. The Morgan fingerprint density at radius 2 is 2.15 bits per heavy atom. The number of hydrogen-bond donors (Lipinski definition) is 0. The molecule has 1 rings (SSSR count). The Balaban J connectivity index is 3.33. The summed E-state index contributed by atoms with van der Waals surface area (Å²) in [4.78, 5) is 11.1. The van der Waals surface area contributed by atoms with E-state index in [1.54, 1.807) is 19.2 Å². The summed E-state index contributed by atoms with van der Waals surface area (Å²) in [6.07, 6.45) is 0. The van der Waals surface area contributed by atoms with Crippen LogP contribution in [0.3, 0.4) is 0 Å². The van der Waals surface area contributed by atoms with Crippen LogP contribution in [-0.4, -0.2) is 12.9 Å². The second kappa shape index (κ2) is 4.11. The van der Waals surface area contributed by atoms with Gasteiger partial charge in [0.1, 0.15) is 5.75 Å². The van der Waals surface area contributed by atoms with Crippen molar-refractivity contribution in [2.75, 3.05) is 7.11 Å². The van der Waals surface area contributed by atoms with Crippen LogP contribution in [0.5, 0.6) is 5.75 Å². The van der Waals surface area contributed by atoms with Crippen molar-refractivity contribution >= 4 is 33.3 Å². The highest BCUT2D eigenvalue weighted by atomic mass is 79.9. The highest BCUT2D eigenvalue weighted by molar-refractivity contribution is 9.10. The highest BCUT2D eigenvalue weighted by Crippen LogP contribution is 2.31. The maximum Gasteiger partial charge on any atom is 0.161 e. The number of benzene rings is 1. The number of halogens is 2. The number of Topliss-reactive ketones (excluding diaryl/α,β-unsaturated/α-hetero) is 1. The molecule has 0 heterocycles. The first-order valence-corrected chi connectivity index (χ1v) is 4.77. The van der Waals surface area contributed by atoms with Crippen molar-refractivity contribution in [2.24, 2.45) is 0 Å². The van der Waals surface area contributed by atoms with Gasteiger partial charge in [0, 0.05) is 10.0 Å². The maximum atomic E-state index is 11.1. The van der Waals surface area contributed by atoms with E-state index in [-0.39, 0.29) is 5.78 Å². The summed E-state index contributed by atoms with van der Waals surface area (Å²) in [6, 6.07) is 3.34. The second-order valence-corrected chi connectivity index (χ2v) is 3.76. The zero-order valence-corrected chi connectivity index (χ0v) is 9.57. The quantitative estimate of drug-likeness (QED) is 0.765. The van der Waals surface area contributed by atoms with Gasteiger partial charge in [-0.2, -0.15) is 0 Å². The second-order valence-electron chi connectivity index (χ2n) is 2.53. The van der Waals surface area contributed by atoms with Gasteiger partial charge in [-0.1, -0.05) is 11.6 Å². The van der Waals surface area contributed by atoms with Crippen molar-refractivity contribution in [3.05, 3.63) is 27.2 Å². The van der Waals surface area contributed by atoms with E-state index >= 15 is 0 Å². The molecule has 13 heavy (non-hydrogen) atoms. The molecule has 0 radical (unpaired) electrons. The highest BCUT2D eigenvalue weighted by Gasteiger charge is 2.10. The Kier molecular flexibility index (Phi) is 3.33. The molecule has 0 aromatic heterocycles. The molecule has 0 saturated heterocycles. The van der Waals surface area contributed by atoms with Crippen molar-refractivity contribution in [1.29, 1.82) is 0 Å². The number of ether oxygens (including phenoxy) is 1.